The third-order valence-electron chi connectivity index (χ3n) is 6.55. The number of nitrogens with two attached hydrogens (primary N) is 1. The number of aryl methyl sites for hydroxylation is 1. The minimum Gasteiger partial charge on any atom is -0.364 e. The quantitative estimate of drug-likeness (QED) is 0.396. The molecule has 0 unspecified atom stereocenters. The molecule has 180 valence electrons. The molecule has 4 aromatic rings. The van der Waals surface area contributed by atoms with Crippen LogP contribution in [0.4, 0.5) is 5.95 Å². The van der Waals surface area contributed by atoms with Crippen molar-refractivity contribution in [3.05, 3.63) is 60.6 Å². The fraction of sp³-hybridized carbons (Fsp3) is 0.346. The van der Waals surface area contributed by atoms with E-state index in [0.29, 0.717) is 19.5 Å². The van der Waals surface area contributed by atoms with Gasteiger partial charge in [0.15, 0.2) is 0 Å². The Bertz CT molecular complexity index is 1360. The number of amides is 2. The zero-order valence-corrected chi connectivity index (χ0v) is 19.6. The minimum atomic E-state index is -0.524. The molecule has 1 aromatic carbocycles. The van der Waals surface area contributed by atoms with Crippen LogP contribution in [0.3, 0.4) is 0 Å². The third kappa shape index (κ3) is 5.08. The lowest BCUT2D eigenvalue weighted by molar-refractivity contribution is -0.131. The van der Waals surface area contributed by atoms with Gasteiger partial charge in [-0.1, -0.05) is 24.6 Å². The first-order chi connectivity index (χ1) is 17.1. The van der Waals surface area contributed by atoms with Crippen molar-refractivity contribution in [3.63, 3.8) is 0 Å². The fourth-order valence-electron chi connectivity index (χ4n) is 4.54. The first kappa shape index (κ1) is 22.8. The van der Waals surface area contributed by atoms with Gasteiger partial charge in [0.1, 0.15) is 11.3 Å². The number of pyridine rings is 1. The SMILES string of the molecule is NC(=O)c1ccc2ccn(CCCCCC(=O)N3CCN(c4ncc5ccccc5n4)CC3)c2n1. The summed E-state index contributed by atoms with van der Waals surface area (Å²) >= 11 is 0. The van der Waals surface area contributed by atoms with E-state index >= 15 is 0 Å². The van der Waals surface area contributed by atoms with Crippen molar-refractivity contribution in [2.24, 2.45) is 5.73 Å². The summed E-state index contributed by atoms with van der Waals surface area (Å²) < 4.78 is 2.04. The molecule has 1 saturated heterocycles. The molecule has 0 aliphatic carbocycles. The number of fused-ring (bicyclic) bond motifs is 2. The van der Waals surface area contributed by atoms with Crippen LogP contribution in [0.15, 0.2) is 54.9 Å². The highest BCUT2D eigenvalue weighted by Crippen LogP contribution is 2.18. The molecule has 0 bridgehead atoms. The molecule has 0 spiro atoms. The topological polar surface area (TPSA) is 110 Å². The Balaban J connectivity index is 1.06. The predicted molar refractivity (Wildman–Crippen MR) is 135 cm³/mol. The molecule has 35 heavy (non-hydrogen) atoms. The van der Waals surface area contributed by atoms with Crippen molar-refractivity contribution in [3.8, 4) is 0 Å². The van der Waals surface area contributed by atoms with Crippen LogP contribution in [0.25, 0.3) is 21.9 Å². The van der Waals surface area contributed by atoms with Crippen LogP contribution < -0.4 is 10.6 Å². The number of nitrogens with zero attached hydrogens (tertiary/aromatic N) is 6. The lowest BCUT2D eigenvalue weighted by atomic mass is 10.1. The molecular weight excluding hydrogens is 442 g/mol. The van der Waals surface area contributed by atoms with Gasteiger partial charge in [-0.3, -0.25) is 9.59 Å². The Morgan fingerprint density at radius 2 is 1.71 bits per heavy atom. The average Bonchev–Trinajstić information content (AvgIpc) is 3.30. The molecule has 1 aliphatic heterocycles. The van der Waals surface area contributed by atoms with Gasteiger partial charge in [-0.05, 0) is 37.1 Å². The highest BCUT2D eigenvalue weighted by molar-refractivity contribution is 5.93. The van der Waals surface area contributed by atoms with Gasteiger partial charge in [0, 0.05) is 62.3 Å². The van der Waals surface area contributed by atoms with Gasteiger partial charge in [-0.15, -0.1) is 0 Å². The summed E-state index contributed by atoms with van der Waals surface area (Å²) in [4.78, 5) is 41.8. The summed E-state index contributed by atoms with van der Waals surface area (Å²) in [5, 5.41) is 2.01. The Labute approximate surface area is 203 Å². The maximum Gasteiger partial charge on any atom is 0.267 e. The van der Waals surface area contributed by atoms with Gasteiger partial charge in [-0.25, -0.2) is 15.0 Å². The molecule has 9 heteroatoms. The molecule has 3 aromatic heterocycles. The van der Waals surface area contributed by atoms with Crippen molar-refractivity contribution in [2.75, 3.05) is 31.1 Å². The first-order valence-corrected chi connectivity index (χ1v) is 12.1. The van der Waals surface area contributed by atoms with E-state index in [1.165, 1.54) is 0 Å². The molecule has 2 N–H and O–H groups in total. The largest absolute Gasteiger partial charge is 0.364 e. The van der Waals surface area contributed by atoms with Crippen molar-refractivity contribution >= 4 is 39.7 Å². The van der Waals surface area contributed by atoms with Gasteiger partial charge >= 0.3 is 0 Å². The van der Waals surface area contributed by atoms with Crippen LogP contribution in [-0.2, 0) is 11.3 Å². The zero-order valence-electron chi connectivity index (χ0n) is 19.6. The first-order valence-electron chi connectivity index (χ1n) is 12.1. The molecule has 0 atom stereocenters. The van der Waals surface area contributed by atoms with Crippen LogP contribution in [0.2, 0.25) is 0 Å². The van der Waals surface area contributed by atoms with E-state index in [9.17, 15) is 9.59 Å². The number of carbonyl (C=O) groups excluding carboxylic acids is 2. The number of hydrogen-bond acceptors (Lipinski definition) is 6. The second kappa shape index (κ2) is 10.1. The van der Waals surface area contributed by atoms with Crippen LogP contribution >= 0.6 is 0 Å². The number of piperazine rings is 1. The van der Waals surface area contributed by atoms with Crippen molar-refractivity contribution < 1.29 is 9.59 Å². The summed E-state index contributed by atoms with van der Waals surface area (Å²) in [6.07, 6.45) is 7.14. The van der Waals surface area contributed by atoms with E-state index in [-0.39, 0.29) is 11.6 Å². The molecule has 0 saturated carbocycles. The Morgan fingerprint density at radius 1 is 0.886 bits per heavy atom. The fourth-order valence-corrected chi connectivity index (χ4v) is 4.54. The molecule has 5 rings (SSSR count). The van der Waals surface area contributed by atoms with Crippen LogP contribution in [0.5, 0.6) is 0 Å². The van der Waals surface area contributed by atoms with E-state index in [4.69, 9.17) is 5.73 Å². The Hall–Kier alpha value is -4.01. The van der Waals surface area contributed by atoms with E-state index < -0.39 is 5.91 Å². The normalized spacial score (nSPS) is 14.1. The number of aromatic nitrogens is 4. The summed E-state index contributed by atoms with van der Waals surface area (Å²) in [6.45, 7) is 3.66. The lowest BCUT2D eigenvalue weighted by Gasteiger charge is -2.34. The second-order valence-electron chi connectivity index (χ2n) is 8.89. The van der Waals surface area contributed by atoms with Crippen molar-refractivity contribution in [1.82, 2.24) is 24.4 Å². The predicted octanol–water partition coefficient (Wildman–Crippen LogP) is 2.99. The summed E-state index contributed by atoms with van der Waals surface area (Å²) in [5.41, 5.74) is 7.34. The maximum absolute atomic E-state index is 12.7. The van der Waals surface area contributed by atoms with Gasteiger partial charge in [0.25, 0.3) is 5.91 Å². The maximum atomic E-state index is 12.7. The zero-order chi connectivity index (χ0) is 24.2. The highest BCUT2D eigenvalue weighted by atomic mass is 16.2. The van der Waals surface area contributed by atoms with Gasteiger partial charge < -0.3 is 20.1 Å². The number of hydrogen-bond donors (Lipinski definition) is 1. The van der Waals surface area contributed by atoms with Crippen LogP contribution in [0, 0.1) is 0 Å². The summed E-state index contributed by atoms with van der Waals surface area (Å²) in [6, 6.07) is 13.5. The van der Waals surface area contributed by atoms with E-state index in [0.717, 1.165) is 66.8 Å². The van der Waals surface area contributed by atoms with E-state index in [1.54, 1.807) is 6.07 Å². The third-order valence-corrected chi connectivity index (χ3v) is 6.55. The van der Waals surface area contributed by atoms with E-state index in [1.807, 2.05) is 58.3 Å². The van der Waals surface area contributed by atoms with Crippen molar-refractivity contribution in [2.45, 2.75) is 32.2 Å². The molecule has 2 amide bonds. The number of rotatable bonds is 8. The number of benzene rings is 1. The molecular formula is C26H29N7O2. The molecule has 1 fully saturated rings. The second-order valence-corrected chi connectivity index (χ2v) is 8.89. The van der Waals surface area contributed by atoms with Gasteiger partial charge in [0.2, 0.25) is 11.9 Å². The Morgan fingerprint density at radius 3 is 2.54 bits per heavy atom. The molecule has 0 radical (unpaired) electrons. The molecule has 1 aliphatic rings. The number of carbonyl (C=O) groups is 2. The van der Waals surface area contributed by atoms with Gasteiger partial charge in [0.05, 0.1) is 5.52 Å². The average molecular weight is 472 g/mol. The highest BCUT2D eigenvalue weighted by Gasteiger charge is 2.22. The number of unbranched alkanes of at least 4 members (excludes halogenated alkanes) is 2. The number of primary amides is 1. The smallest absolute Gasteiger partial charge is 0.267 e. The van der Waals surface area contributed by atoms with E-state index in [2.05, 4.69) is 19.9 Å². The van der Waals surface area contributed by atoms with Crippen LogP contribution in [0.1, 0.15) is 36.2 Å². The van der Waals surface area contributed by atoms with Gasteiger partial charge in [-0.2, -0.15) is 0 Å². The Kier molecular flexibility index (Phi) is 6.56. The summed E-state index contributed by atoms with van der Waals surface area (Å²) in [7, 11) is 0. The number of para-hydroxylation sites is 1. The molecule has 9 nitrogen and oxygen atoms in total. The molecule has 4 heterocycles. The lowest BCUT2D eigenvalue weighted by Crippen LogP contribution is -2.49. The number of anilines is 1. The summed E-state index contributed by atoms with van der Waals surface area (Å²) in [5.74, 6) is 0.415. The van der Waals surface area contributed by atoms with Crippen LogP contribution in [-0.4, -0.2) is 62.4 Å². The standard InChI is InChI=1S/C26H29N7O2/c27-24(35)22-10-9-19-11-13-32(25(19)29-22)12-5-1-2-8-23(34)31-14-16-33(17-15-31)26-28-18-20-6-3-4-7-21(20)30-26/h3-4,6-7,9-11,13,18H,1-2,5,8,12,14-17H2,(H2,27,35). The monoisotopic (exact) mass is 471 g/mol. The minimum absolute atomic E-state index is 0.211. The van der Waals surface area contributed by atoms with Crippen molar-refractivity contribution in [1.29, 1.82) is 0 Å².